The van der Waals surface area contributed by atoms with Crippen LogP contribution in [0.1, 0.15) is 46.1 Å². The Hall–Kier alpha value is -4.13. The van der Waals surface area contributed by atoms with Crippen molar-refractivity contribution in [1.82, 2.24) is 16.0 Å². The van der Waals surface area contributed by atoms with Crippen LogP contribution in [0.15, 0.2) is 138 Å². The molecule has 0 bridgehead atoms. The SMILES string of the molecule is c1ccc(C2NC(c3ccccc3)NC(c3ccc4c(ccc5ccc6c(c54)NC(c4ccccc4)S6)c3)N2)cc1. The number of fused-ring (bicyclic) bond motifs is 5. The van der Waals surface area contributed by atoms with Crippen LogP contribution in [0.4, 0.5) is 5.69 Å². The normalized spacial score (nSPS) is 22.0. The van der Waals surface area contributed by atoms with Crippen LogP contribution < -0.4 is 21.3 Å². The van der Waals surface area contributed by atoms with Crippen molar-refractivity contribution >= 4 is 39.0 Å². The van der Waals surface area contributed by atoms with Gasteiger partial charge < -0.3 is 5.32 Å². The summed E-state index contributed by atoms with van der Waals surface area (Å²) in [6.45, 7) is 0. The molecule has 4 nitrogen and oxygen atoms in total. The summed E-state index contributed by atoms with van der Waals surface area (Å²) in [5, 5.41) is 20.5. The first kappa shape index (κ1) is 24.6. The summed E-state index contributed by atoms with van der Waals surface area (Å²) in [5.41, 5.74) is 6.20. The molecule has 2 heterocycles. The number of benzene rings is 6. The van der Waals surface area contributed by atoms with E-state index in [1.807, 2.05) is 11.8 Å². The van der Waals surface area contributed by atoms with Crippen molar-refractivity contribution in [3.8, 4) is 0 Å². The number of rotatable bonds is 4. The van der Waals surface area contributed by atoms with Crippen LogP contribution in [0.2, 0.25) is 0 Å². The summed E-state index contributed by atoms with van der Waals surface area (Å²) in [6, 6.07) is 47.9. The van der Waals surface area contributed by atoms with Crippen LogP contribution in [-0.2, 0) is 0 Å². The van der Waals surface area contributed by atoms with Gasteiger partial charge in [-0.15, -0.1) is 0 Å². The van der Waals surface area contributed by atoms with Gasteiger partial charge in [-0.25, -0.2) is 0 Å². The zero-order chi connectivity index (χ0) is 27.2. The number of nitrogens with one attached hydrogen (secondary N) is 4. The Bertz CT molecular complexity index is 1800. The summed E-state index contributed by atoms with van der Waals surface area (Å²) in [7, 11) is 0. The molecule has 200 valence electrons. The fourth-order valence-corrected chi connectivity index (χ4v) is 7.30. The Morgan fingerprint density at radius 2 is 1.00 bits per heavy atom. The molecule has 2 aliphatic rings. The molecule has 5 heteroatoms. The molecule has 41 heavy (non-hydrogen) atoms. The smallest absolute Gasteiger partial charge is 0.103 e. The van der Waals surface area contributed by atoms with Gasteiger partial charge in [0.25, 0.3) is 0 Å². The molecule has 3 atom stereocenters. The van der Waals surface area contributed by atoms with Gasteiger partial charge in [-0.2, -0.15) is 0 Å². The quantitative estimate of drug-likeness (QED) is 0.166. The van der Waals surface area contributed by atoms with Crippen LogP contribution in [0, 0.1) is 0 Å². The average Bonchev–Trinajstić information content (AvgIpc) is 3.50. The maximum Gasteiger partial charge on any atom is 0.103 e. The van der Waals surface area contributed by atoms with E-state index in [1.54, 1.807) is 0 Å². The van der Waals surface area contributed by atoms with Gasteiger partial charge in [-0.1, -0.05) is 133 Å². The Labute approximate surface area is 244 Å². The Balaban J connectivity index is 1.17. The second-order valence-corrected chi connectivity index (χ2v) is 11.9. The summed E-state index contributed by atoms with van der Waals surface area (Å²) in [6.07, 6.45) is 0.00290. The lowest BCUT2D eigenvalue weighted by atomic mass is 9.97. The molecule has 0 amide bonds. The molecule has 0 aromatic heterocycles. The van der Waals surface area contributed by atoms with Crippen LogP contribution in [-0.4, -0.2) is 0 Å². The van der Waals surface area contributed by atoms with Crippen LogP contribution in [0.25, 0.3) is 21.5 Å². The minimum absolute atomic E-state index is 0.0133. The molecule has 1 saturated heterocycles. The molecule has 2 aliphatic heterocycles. The number of thioether (sulfide) groups is 1. The monoisotopic (exact) mass is 550 g/mol. The highest BCUT2D eigenvalue weighted by Crippen LogP contribution is 2.50. The molecular formula is C36H30N4S. The van der Waals surface area contributed by atoms with Crippen molar-refractivity contribution in [3.05, 3.63) is 156 Å². The minimum Gasteiger partial charge on any atom is -0.368 e. The second-order valence-electron chi connectivity index (χ2n) is 10.8. The van der Waals surface area contributed by atoms with E-state index in [9.17, 15) is 0 Å². The van der Waals surface area contributed by atoms with Crippen LogP contribution in [0.3, 0.4) is 0 Å². The number of hydrogen-bond acceptors (Lipinski definition) is 5. The highest BCUT2D eigenvalue weighted by molar-refractivity contribution is 8.00. The fourth-order valence-electron chi connectivity index (χ4n) is 6.16. The lowest BCUT2D eigenvalue weighted by Gasteiger charge is -2.39. The van der Waals surface area contributed by atoms with Crippen LogP contribution >= 0.6 is 11.8 Å². The maximum atomic E-state index is 3.84. The van der Waals surface area contributed by atoms with E-state index in [0.717, 1.165) is 0 Å². The van der Waals surface area contributed by atoms with E-state index >= 15 is 0 Å². The molecule has 1 fully saturated rings. The van der Waals surface area contributed by atoms with Gasteiger partial charge in [0.1, 0.15) is 5.37 Å². The van der Waals surface area contributed by atoms with E-state index in [0.29, 0.717) is 0 Å². The van der Waals surface area contributed by atoms with Gasteiger partial charge in [-0.3, -0.25) is 16.0 Å². The molecule has 4 N–H and O–H groups in total. The van der Waals surface area contributed by atoms with Crippen LogP contribution in [0.5, 0.6) is 0 Å². The Kier molecular flexibility index (Phi) is 6.23. The van der Waals surface area contributed by atoms with Crippen molar-refractivity contribution in [1.29, 1.82) is 0 Å². The van der Waals surface area contributed by atoms with E-state index in [-0.39, 0.29) is 23.9 Å². The van der Waals surface area contributed by atoms with Crippen molar-refractivity contribution in [2.24, 2.45) is 0 Å². The first-order valence-electron chi connectivity index (χ1n) is 14.2. The lowest BCUT2D eigenvalue weighted by Crippen LogP contribution is -2.54. The average molecular weight is 551 g/mol. The third-order valence-electron chi connectivity index (χ3n) is 8.21. The molecule has 6 aromatic rings. The first-order chi connectivity index (χ1) is 20.3. The first-order valence-corrected chi connectivity index (χ1v) is 15.0. The van der Waals surface area contributed by atoms with Gasteiger partial charge in [0.15, 0.2) is 0 Å². The minimum atomic E-state index is -0.0237. The summed E-state index contributed by atoms with van der Waals surface area (Å²) in [5.74, 6) is 0. The predicted octanol–water partition coefficient (Wildman–Crippen LogP) is 8.39. The van der Waals surface area contributed by atoms with Gasteiger partial charge in [-0.05, 0) is 50.5 Å². The lowest BCUT2D eigenvalue weighted by molar-refractivity contribution is 0.203. The largest absolute Gasteiger partial charge is 0.368 e. The molecule has 3 unspecified atom stereocenters. The number of hydrogen-bond donors (Lipinski definition) is 4. The van der Waals surface area contributed by atoms with Crippen molar-refractivity contribution in [2.75, 3.05) is 5.32 Å². The fraction of sp³-hybridized carbons (Fsp3) is 0.111. The molecule has 8 rings (SSSR count). The number of anilines is 1. The Morgan fingerprint density at radius 1 is 0.463 bits per heavy atom. The third-order valence-corrected chi connectivity index (χ3v) is 9.43. The topological polar surface area (TPSA) is 48.1 Å². The molecule has 0 saturated carbocycles. The zero-order valence-electron chi connectivity index (χ0n) is 22.4. The van der Waals surface area contributed by atoms with E-state index in [1.165, 1.54) is 54.4 Å². The standard InChI is InChI=1S/C36H30N4S/c1-4-10-24(11-5-1)33-38-34(25-12-6-2-7-13-25)40-35(39-33)28-18-20-29-27(22-28)17-16-23-19-21-30-32(31(23)29)37-36(41-30)26-14-8-3-9-15-26/h1-22,33-40H. The highest BCUT2D eigenvalue weighted by Gasteiger charge is 2.30. The molecule has 6 aromatic carbocycles. The Morgan fingerprint density at radius 3 is 1.63 bits per heavy atom. The van der Waals surface area contributed by atoms with Crippen molar-refractivity contribution in [3.63, 3.8) is 0 Å². The molecule has 0 radical (unpaired) electrons. The van der Waals surface area contributed by atoms with E-state index in [2.05, 4.69) is 155 Å². The summed E-state index contributed by atoms with van der Waals surface area (Å²) >= 11 is 1.90. The van der Waals surface area contributed by atoms with Gasteiger partial charge in [0.2, 0.25) is 0 Å². The second kappa shape index (κ2) is 10.4. The zero-order valence-corrected chi connectivity index (χ0v) is 23.2. The van der Waals surface area contributed by atoms with Gasteiger partial charge in [0, 0.05) is 10.3 Å². The predicted molar refractivity (Wildman–Crippen MR) is 171 cm³/mol. The summed E-state index contributed by atoms with van der Waals surface area (Å²) in [4.78, 5) is 1.31. The van der Waals surface area contributed by atoms with Gasteiger partial charge >= 0.3 is 0 Å². The van der Waals surface area contributed by atoms with Crippen molar-refractivity contribution < 1.29 is 0 Å². The molecular weight excluding hydrogens is 520 g/mol. The van der Waals surface area contributed by atoms with E-state index in [4.69, 9.17) is 0 Å². The van der Waals surface area contributed by atoms with Crippen molar-refractivity contribution in [2.45, 2.75) is 28.8 Å². The summed E-state index contributed by atoms with van der Waals surface area (Å²) < 4.78 is 0. The highest BCUT2D eigenvalue weighted by atomic mass is 32.2. The molecule has 0 spiro atoms. The maximum absolute atomic E-state index is 3.84. The molecule has 0 aliphatic carbocycles. The van der Waals surface area contributed by atoms with E-state index < -0.39 is 0 Å². The third kappa shape index (κ3) is 4.57. The van der Waals surface area contributed by atoms with Gasteiger partial charge in [0.05, 0.1) is 24.2 Å².